The molecule has 0 aromatic carbocycles. The van der Waals surface area contributed by atoms with Crippen molar-refractivity contribution < 1.29 is 4.42 Å². The Hall–Kier alpha value is -3.53. The summed E-state index contributed by atoms with van der Waals surface area (Å²) in [4.78, 5) is 22.6. The van der Waals surface area contributed by atoms with Crippen molar-refractivity contribution >= 4 is 17.7 Å². The van der Waals surface area contributed by atoms with Crippen molar-refractivity contribution in [2.45, 2.75) is 19.9 Å². The summed E-state index contributed by atoms with van der Waals surface area (Å²) in [5.74, 6) is 2.22. The van der Waals surface area contributed by atoms with Gasteiger partial charge < -0.3 is 15.1 Å². The fraction of sp³-hybridized carbons (Fsp3) is 0.350. The Kier molecular flexibility index (Phi) is 4.55. The van der Waals surface area contributed by atoms with E-state index in [-0.39, 0.29) is 12.0 Å². The molecule has 5 heterocycles. The molecule has 1 fully saturated rings. The van der Waals surface area contributed by atoms with Crippen LogP contribution in [0.5, 0.6) is 0 Å². The number of hydrogen-bond acceptors (Lipinski definition) is 9. The first-order chi connectivity index (χ1) is 14.6. The van der Waals surface area contributed by atoms with E-state index >= 15 is 0 Å². The van der Waals surface area contributed by atoms with E-state index in [9.17, 15) is 0 Å². The summed E-state index contributed by atoms with van der Waals surface area (Å²) >= 11 is 0. The van der Waals surface area contributed by atoms with Crippen molar-refractivity contribution in [1.82, 2.24) is 34.4 Å². The number of piperazine rings is 1. The van der Waals surface area contributed by atoms with Gasteiger partial charge in [0.1, 0.15) is 0 Å². The molecular weight excluding hydrogens is 382 g/mol. The smallest absolute Gasteiger partial charge is 0.259 e. The Morgan fingerprint density at radius 3 is 2.67 bits per heavy atom. The Morgan fingerprint density at radius 1 is 1.10 bits per heavy atom. The third-order valence-corrected chi connectivity index (χ3v) is 5.47. The first kappa shape index (κ1) is 18.5. The minimum Gasteiger partial charge on any atom is -0.461 e. The van der Waals surface area contributed by atoms with Crippen LogP contribution in [0.1, 0.15) is 24.2 Å². The van der Waals surface area contributed by atoms with E-state index < -0.39 is 0 Å². The van der Waals surface area contributed by atoms with Crippen LogP contribution in [0, 0.1) is 6.92 Å². The van der Waals surface area contributed by atoms with Gasteiger partial charge >= 0.3 is 0 Å². The lowest BCUT2D eigenvalue weighted by atomic mass is 10.1. The average molecular weight is 405 g/mol. The molecule has 0 saturated carbocycles. The van der Waals surface area contributed by atoms with Crippen LogP contribution in [0.15, 0.2) is 41.1 Å². The second-order valence-electron chi connectivity index (χ2n) is 7.46. The zero-order valence-corrected chi connectivity index (χ0v) is 16.9. The van der Waals surface area contributed by atoms with Gasteiger partial charge in [-0.05, 0) is 43.7 Å². The van der Waals surface area contributed by atoms with Gasteiger partial charge in [0, 0.05) is 38.4 Å². The Balaban J connectivity index is 1.33. The highest BCUT2D eigenvalue weighted by atomic mass is 16.3. The van der Waals surface area contributed by atoms with Gasteiger partial charge in [-0.1, -0.05) is 0 Å². The molecule has 30 heavy (non-hydrogen) atoms. The van der Waals surface area contributed by atoms with Crippen molar-refractivity contribution in [3.8, 4) is 11.6 Å². The zero-order chi connectivity index (χ0) is 20.7. The fourth-order valence-electron chi connectivity index (χ4n) is 3.73. The number of nitrogens with two attached hydrogens (primary N) is 1. The molecule has 1 aliphatic rings. The molecule has 0 radical (unpaired) electrons. The number of aryl methyl sites for hydroxylation is 1. The van der Waals surface area contributed by atoms with Crippen LogP contribution < -0.4 is 10.6 Å². The van der Waals surface area contributed by atoms with E-state index in [0.717, 1.165) is 31.9 Å². The van der Waals surface area contributed by atoms with E-state index in [1.165, 1.54) is 10.1 Å². The fourth-order valence-corrected chi connectivity index (χ4v) is 3.73. The van der Waals surface area contributed by atoms with E-state index in [0.29, 0.717) is 23.3 Å². The molecule has 1 unspecified atom stereocenters. The van der Waals surface area contributed by atoms with Crippen LogP contribution in [0.4, 0.5) is 11.9 Å². The minimum absolute atomic E-state index is 0.250. The minimum atomic E-state index is 0.250. The second kappa shape index (κ2) is 7.38. The molecular formula is C20H23N9O. The highest BCUT2D eigenvalue weighted by molar-refractivity contribution is 5.53. The van der Waals surface area contributed by atoms with Crippen molar-refractivity contribution in [2.75, 3.05) is 36.8 Å². The van der Waals surface area contributed by atoms with Gasteiger partial charge in [0.2, 0.25) is 17.7 Å². The lowest BCUT2D eigenvalue weighted by molar-refractivity contribution is 0.194. The molecule has 10 heteroatoms. The first-order valence-corrected chi connectivity index (χ1v) is 9.94. The second-order valence-corrected chi connectivity index (χ2v) is 7.46. The summed E-state index contributed by atoms with van der Waals surface area (Å²) in [6.07, 6.45) is 3.45. The summed E-state index contributed by atoms with van der Waals surface area (Å²) < 4.78 is 6.80. The summed E-state index contributed by atoms with van der Waals surface area (Å²) in [5, 5.41) is 4.34. The van der Waals surface area contributed by atoms with E-state index in [2.05, 4.69) is 54.7 Å². The molecule has 5 rings (SSSR count). The first-order valence-electron chi connectivity index (χ1n) is 9.94. The van der Waals surface area contributed by atoms with Crippen molar-refractivity contribution in [3.05, 3.63) is 48.0 Å². The Labute approximate surface area is 173 Å². The lowest BCUT2D eigenvalue weighted by Gasteiger charge is -2.37. The molecule has 154 valence electrons. The maximum Gasteiger partial charge on any atom is 0.259 e. The Bertz CT molecular complexity index is 1160. The largest absolute Gasteiger partial charge is 0.461 e. The molecule has 0 aliphatic carbocycles. The summed E-state index contributed by atoms with van der Waals surface area (Å²) in [6, 6.07) is 8.01. The number of furan rings is 1. The number of hydrogen-bond donors (Lipinski definition) is 1. The molecule has 10 nitrogen and oxygen atoms in total. The molecule has 1 saturated heterocycles. The maximum atomic E-state index is 6.13. The number of fused-ring (bicyclic) bond motifs is 1. The van der Waals surface area contributed by atoms with Gasteiger partial charge in [0.25, 0.3) is 5.78 Å². The van der Waals surface area contributed by atoms with Gasteiger partial charge in [-0.2, -0.15) is 19.5 Å². The molecule has 2 N–H and O–H groups in total. The third kappa shape index (κ3) is 3.35. The summed E-state index contributed by atoms with van der Waals surface area (Å²) in [5.41, 5.74) is 8.45. The monoisotopic (exact) mass is 405 g/mol. The molecule has 0 bridgehead atoms. The normalized spacial score (nSPS) is 16.3. The quantitative estimate of drug-likeness (QED) is 0.544. The summed E-state index contributed by atoms with van der Waals surface area (Å²) in [7, 11) is 0. The topological polar surface area (TPSA) is 114 Å². The molecule has 4 aromatic heterocycles. The predicted octanol–water partition coefficient (Wildman–Crippen LogP) is 1.95. The van der Waals surface area contributed by atoms with Gasteiger partial charge in [0.15, 0.2) is 5.76 Å². The highest BCUT2D eigenvalue weighted by Gasteiger charge is 2.25. The predicted molar refractivity (Wildman–Crippen MR) is 112 cm³/mol. The number of aromatic nitrogens is 6. The molecule has 0 amide bonds. The average Bonchev–Trinajstić information content (AvgIpc) is 3.43. The third-order valence-electron chi connectivity index (χ3n) is 5.47. The number of anilines is 2. The zero-order valence-electron chi connectivity index (χ0n) is 16.9. The van der Waals surface area contributed by atoms with Crippen LogP contribution >= 0.6 is 0 Å². The number of nitrogens with zero attached hydrogens (tertiary/aromatic N) is 8. The maximum absolute atomic E-state index is 6.13. The van der Waals surface area contributed by atoms with Gasteiger partial charge in [-0.15, -0.1) is 5.10 Å². The summed E-state index contributed by atoms with van der Waals surface area (Å²) in [6.45, 7) is 7.65. The lowest BCUT2D eigenvalue weighted by Crippen LogP contribution is -2.48. The van der Waals surface area contributed by atoms with Crippen LogP contribution in [0.3, 0.4) is 0 Å². The van der Waals surface area contributed by atoms with Crippen LogP contribution in [0.25, 0.3) is 17.4 Å². The molecule has 4 aromatic rings. The number of nitrogen functional groups attached to an aromatic ring is 1. The van der Waals surface area contributed by atoms with Crippen molar-refractivity contribution in [1.29, 1.82) is 0 Å². The van der Waals surface area contributed by atoms with Gasteiger partial charge in [0.05, 0.1) is 12.0 Å². The SMILES string of the molecule is Cc1ccnc(C(C)N2CCN(c3nc(N)n4nc(-c5ccco5)nc4n3)CC2)c1. The van der Waals surface area contributed by atoms with E-state index in [1.54, 1.807) is 18.4 Å². The highest BCUT2D eigenvalue weighted by Crippen LogP contribution is 2.23. The molecule has 0 spiro atoms. The van der Waals surface area contributed by atoms with Crippen LogP contribution in [-0.4, -0.2) is 60.6 Å². The van der Waals surface area contributed by atoms with E-state index in [4.69, 9.17) is 10.2 Å². The molecule has 1 atom stereocenters. The molecule has 1 aliphatic heterocycles. The Morgan fingerprint density at radius 2 is 1.93 bits per heavy atom. The van der Waals surface area contributed by atoms with Crippen LogP contribution in [0.2, 0.25) is 0 Å². The number of rotatable bonds is 4. The van der Waals surface area contributed by atoms with Gasteiger partial charge in [-0.25, -0.2) is 0 Å². The van der Waals surface area contributed by atoms with Crippen molar-refractivity contribution in [3.63, 3.8) is 0 Å². The number of pyridine rings is 1. The standard InChI is InChI=1S/C20H23N9O/c1-13-5-6-22-15(12-13)14(2)27-7-9-28(10-8-27)19-24-18(21)29-20(25-19)23-17(26-29)16-4-3-11-30-16/h3-6,11-12,14H,7-10H2,1-2H3,(H2,21,23,24,25,26). The van der Waals surface area contributed by atoms with Gasteiger partial charge in [-0.3, -0.25) is 9.88 Å². The van der Waals surface area contributed by atoms with Crippen LogP contribution in [-0.2, 0) is 0 Å². The van der Waals surface area contributed by atoms with Crippen molar-refractivity contribution in [2.24, 2.45) is 0 Å². The van der Waals surface area contributed by atoms with E-state index in [1.807, 2.05) is 12.3 Å².